The van der Waals surface area contributed by atoms with Crippen LogP contribution in [0.3, 0.4) is 0 Å². The smallest absolute Gasteiger partial charge is 0.306 e. The minimum absolute atomic E-state index is 0.0140. The van der Waals surface area contributed by atoms with Gasteiger partial charge in [-0.1, -0.05) is 19.1 Å². The highest BCUT2D eigenvalue weighted by molar-refractivity contribution is 5.73. The molecule has 1 saturated carbocycles. The van der Waals surface area contributed by atoms with Crippen LogP contribution in [0, 0.1) is 11.3 Å². The SMILES string of the molecule is C=C(C)[C@@H]1CC[C@]2(C)CC(=O)O[C@@H]2C1. The van der Waals surface area contributed by atoms with Crippen molar-refractivity contribution in [2.45, 2.75) is 45.6 Å². The number of ether oxygens (including phenoxy) is 1. The fourth-order valence-electron chi connectivity index (χ4n) is 2.70. The monoisotopic (exact) mass is 194 g/mol. The molecular formula is C12H18O2. The summed E-state index contributed by atoms with van der Waals surface area (Å²) in [5.41, 5.74) is 1.35. The van der Waals surface area contributed by atoms with Crippen molar-refractivity contribution in [2.75, 3.05) is 0 Å². The Bertz CT molecular complexity index is 282. The lowest BCUT2D eigenvalue weighted by atomic mass is 9.68. The van der Waals surface area contributed by atoms with Gasteiger partial charge in [0.2, 0.25) is 0 Å². The van der Waals surface area contributed by atoms with Gasteiger partial charge in [-0.05, 0) is 32.1 Å². The molecule has 1 heterocycles. The first kappa shape index (κ1) is 9.75. The lowest BCUT2D eigenvalue weighted by molar-refractivity contribution is -0.142. The van der Waals surface area contributed by atoms with Crippen LogP contribution in [0.5, 0.6) is 0 Å². The first-order valence-electron chi connectivity index (χ1n) is 5.36. The Kier molecular flexibility index (Phi) is 2.17. The number of carbonyl (C=O) groups excluding carboxylic acids is 1. The highest BCUT2D eigenvalue weighted by Gasteiger charge is 2.48. The number of fused-ring (bicyclic) bond motifs is 1. The van der Waals surface area contributed by atoms with Gasteiger partial charge in [0.05, 0.1) is 6.42 Å². The van der Waals surface area contributed by atoms with Gasteiger partial charge in [0.25, 0.3) is 0 Å². The normalized spacial score (nSPS) is 41.7. The molecule has 0 amide bonds. The Morgan fingerprint density at radius 2 is 2.36 bits per heavy atom. The van der Waals surface area contributed by atoms with E-state index in [1.54, 1.807) is 0 Å². The van der Waals surface area contributed by atoms with E-state index in [0.29, 0.717) is 12.3 Å². The third kappa shape index (κ3) is 1.47. The van der Waals surface area contributed by atoms with Gasteiger partial charge in [-0.3, -0.25) is 4.79 Å². The van der Waals surface area contributed by atoms with Crippen molar-refractivity contribution in [1.29, 1.82) is 0 Å². The molecule has 2 fully saturated rings. The summed E-state index contributed by atoms with van der Waals surface area (Å²) < 4.78 is 5.37. The summed E-state index contributed by atoms with van der Waals surface area (Å²) >= 11 is 0. The molecule has 0 N–H and O–H groups in total. The summed E-state index contributed by atoms with van der Waals surface area (Å²) in [6.07, 6.45) is 4.00. The summed E-state index contributed by atoms with van der Waals surface area (Å²) in [6, 6.07) is 0. The minimum atomic E-state index is -0.0140. The predicted octanol–water partition coefficient (Wildman–Crippen LogP) is 2.68. The summed E-state index contributed by atoms with van der Waals surface area (Å²) in [4.78, 5) is 11.2. The van der Waals surface area contributed by atoms with E-state index in [2.05, 4.69) is 20.4 Å². The Labute approximate surface area is 85.3 Å². The maximum Gasteiger partial charge on any atom is 0.306 e. The molecule has 1 saturated heterocycles. The quantitative estimate of drug-likeness (QED) is 0.474. The maximum atomic E-state index is 11.2. The van der Waals surface area contributed by atoms with Crippen molar-refractivity contribution in [3.8, 4) is 0 Å². The standard InChI is InChI=1S/C12H18O2/c1-8(2)9-4-5-12(3)7-11(13)14-10(12)6-9/h9-10H,1,4-7H2,2-3H3/t9-,10-,12-/m1/s1. The third-order valence-corrected chi connectivity index (χ3v) is 3.86. The van der Waals surface area contributed by atoms with Crippen LogP contribution in [0.25, 0.3) is 0 Å². The number of esters is 1. The Balaban J connectivity index is 2.11. The topological polar surface area (TPSA) is 26.3 Å². The molecule has 2 nitrogen and oxygen atoms in total. The molecule has 0 aromatic rings. The fraction of sp³-hybridized carbons (Fsp3) is 0.750. The molecular weight excluding hydrogens is 176 g/mol. The van der Waals surface area contributed by atoms with Crippen LogP contribution in [0.2, 0.25) is 0 Å². The summed E-state index contributed by atoms with van der Waals surface area (Å²) in [7, 11) is 0. The highest BCUT2D eigenvalue weighted by Crippen LogP contribution is 2.48. The Morgan fingerprint density at radius 1 is 1.64 bits per heavy atom. The molecule has 78 valence electrons. The zero-order chi connectivity index (χ0) is 10.3. The molecule has 0 unspecified atom stereocenters. The lowest BCUT2D eigenvalue weighted by Crippen LogP contribution is -2.35. The van der Waals surface area contributed by atoms with Gasteiger partial charge in [0.1, 0.15) is 6.10 Å². The van der Waals surface area contributed by atoms with Crippen molar-refractivity contribution in [3.05, 3.63) is 12.2 Å². The molecule has 1 aliphatic heterocycles. The van der Waals surface area contributed by atoms with E-state index in [-0.39, 0.29) is 17.5 Å². The molecule has 14 heavy (non-hydrogen) atoms. The number of hydrogen-bond donors (Lipinski definition) is 0. The van der Waals surface area contributed by atoms with Crippen LogP contribution in [0.4, 0.5) is 0 Å². The largest absolute Gasteiger partial charge is 0.462 e. The molecule has 0 spiro atoms. The number of carbonyl (C=O) groups is 1. The van der Waals surface area contributed by atoms with Gasteiger partial charge < -0.3 is 4.74 Å². The van der Waals surface area contributed by atoms with Crippen LogP contribution in [0.15, 0.2) is 12.2 Å². The maximum absolute atomic E-state index is 11.2. The Morgan fingerprint density at radius 3 is 3.00 bits per heavy atom. The van der Waals surface area contributed by atoms with Gasteiger partial charge in [0, 0.05) is 5.41 Å². The number of rotatable bonds is 1. The van der Waals surface area contributed by atoms with Crippen LogP contribution in [0.1, 0.15) is 39.5 Å². The van der Waals surface area contributed by atoms with Crippen molar-refractivity contribution < 1.29 is 9.53 Å². The minimum Gasteiger partial charge on any atom is -0.462 e. The highest BCUT2D eigenvalue weighted by atomic mass is 16.6. The average Bonchev–Trinajstić information content (AvgIpc) is 2.37. The molecule has 0 radical (unpaired) electrons. The number of allylic oxidation sites excluding steroid dienone is 1. The second kappa shape index (κ2) is 3.11. The lowest BCUT2D eigenvalue weighted by Gasteiger charge is -2.37. The summed E-state index contributed by atoms with van der Waals surface area (Å²) in [5, 5.41) is 0. The van der Waals surface area contributed by atoms with Crippen molar-refractivity contribution in [3.63, 3.8) is 0 Å². The zero-order valence-corrected chi connectivity index (χ0v) is 9.01. The van der Waals surface area contributed by atoms with E-state index < -0.39 is 0 Å². The first-order valence-corrected chi connectivity index (χ1v) is 5.36. The zero-order valence-electron chi connectivity index (χ0n) is 9.01. The van der Waals surface area contributed by atoms with Crippen LogP contribution in [-0.2, 0) is 9.53 Å². The van der Waals surface area contributed by atoms with E-state index in [0.717, 1.165) is 12.8 Å². The second-order valence-electron chi connectivity index (χ2n) is 5.13. The Hall–Kier alpha value is -0.790. The van der Waals surface area contributed by atoms with Crippen LogP contribution in [-0.4, -0.2) is 12.1 Å². The molecule has 0 bridgehead atoms. The van der Waals surface area contributed by atoms with Crippen molar-refractivity contribution in [1.82, 2.24) is 0 Å². The number of hydrogen-bond acceptors (Lipinski definition) is 2. The molecule has 3 atom stereocenters. The van der Waals surface area contributed by atoms with Crippen LogP contribution < -0.4 is 0 Å². The van der Waals surface area contributed by atoms with E-state index in [4.69, 9.17) is 4.74 Å². The van der Waals surface area contributed by atoms with Crippen molar-refractivity contribution in [2.24, 2.45) is 11.3 Å². The molecule has 0 aromatic carbocycles. The molecule has 2 heteroatoms. The van der Waals surface area contributed by atoms with E-state index >= 15 is 0 Å². The van der Waals surface area contributed by atoms with Gasteiger partial charge in [0.15, 0.2) is 0 Å². The summed E-state index contributed by atoms with van der Waals surface area (Å²) in [5.74, 6) is 0.541. The van der Waals surface area contributed by atoms with Gasteiger partial charge in [-0.15, -0.1) is 0 Å². The average molecular weight is 194 g/mol. The van der Waals surface area contributed by atoms with E-state index in [1.165, 1.54) is 12.0 Å². The first-order chi connectivity index (χ1) is 6.51. The fourth-order valence-corrected chi connectivity index (χ4v) is 2.70. The summed E-state index contributed by atoms with van der Waals surface area (Å²) in [6.45, 7) is 8.25. The van der Waals surface area contributed by atoms with Crippen molar-refractivity contribution >= 4 is 5.97 Å². The second-order valence-corrected chi connectivity index (χ2v) is 5.13. The van der Waals surface area contributed by atoms with Crippen LogP contribution >= 0.6 is 0 Å². The van der Waals surface area contributed by atoms with E-state index in [1.807, 2.05) is 0 Å². The molecule has 0 aromatic heterocycles. The third-order valence-electron chi connectivity index (χ3n) is 3.86. The van der Waals surface area contributed by atoms with Gasteiger partial charge in [-0.25, -0.2) is 0 Å². The molecule has 2 rings (SSSR count). The predicted molar refractivity (Wildman–Crippen MR) is 54.8 cm³/mol. The van der Waals surface area contributed by atoms with Gasteiger partial charge >= 0.3 is 5.97 Å². The van der Waals surface area contributed by atoms with E-state index in [9.17, 15) is 4.79 Å². The molecule has 2 aliphatic rings. The van der Waals surface area contributed by atoms with Gasteiger partial charge in [-0.2, -0.15) is 0 Å². The molecule has 1 aliphatic carbocycles.